The van der Waals surface area contributed by atoms with Crippen LogP contribution in [0.2, 0.25) is 0 Å². The minimum atomic E-state index is -0.195. The molecule has 0 saturated heterocycles. The summed E-state index contributed by atoms with van der Waals surface area (Å²) in [5.74, 6) is 5.20. The molecule has 17 heavy (non-hydrogen) atoms. The molecule has 0 heterocycles. The van der Waals surface area contributed by atoms with Crippen LogP contribution in [0.5, 0.6) is 0 Å². The van der Waals surface area contributed by atoms with E-state index < -0.39 is 0 Å². The minimum Gasteiger partial charge on any atom is -0.267 e. The fraction of sp³-hybridized carbons (Fsp3) is 0. The summed E-state index contributed by atoms with van der Waals surface area (Å²) in [5.41, 5.74) is 3.68. The number of nitrogens with zero attached hydrogens (tertiary/aromatic N) is 1. The number of benzene rings is 2. The summed E-state index contributed by atoms with van der Waals surface area (Å²) in [7, 11) is 0. The zero-order chi connectivity index (χ0) is 12.1. The van der Waals surface area contributed by atoms with Gasteiger partial charge in [-0.2, -0.15) is 5.53 Å². The average molecular weight is 227 g/mol. The smallest absolute Gasteiger partial charge is 0.267 e. The Balaban J connectivity index is 2.29. The maximum Gasteiger partial charge on any atom is 0.273 e. The van der Waals surface area contributed by atoms with Crippen molar-refractivity contribution in [3.8, 4) is 0 Å². The molecule has 0 radical (unpaired) electrons. The van der Waals surface area contributed by atoms with Crippen LogP contribution in [0, 0.1) is 0 Å². The molecule has 0 saturated carbocycles. The molecule has 0 unspecified atom stereocenters. The van der Waals surface area contributed by atoms with Crippen molar-refractivity contribution >= 4 is 11.6 Å². The Morgan fingerprint density at radius 1 is 0.941 bits per heavy atom. The van der Waals surface area contributed by atoms with Gasteiger partial charge in [0.25, 0.3) is 5.91 Å². The molecule has 0 aliphatic rings. The van der Waals surface area contributed by atoms with E-state index in [9.17, 15) is 4.79 Å². The molecule has 4 nitrogen and oxygen atoms in total. The monoisotopic (exact) mass is 227 g/mol. The highest BCUT2D eigenvalue weighted by Gasteiger charge is 2.15. The lowest BCUT2D eigenvalue weighted by atomic mass is 10.2. The molecule has 0 bridgehead atoms. The van der Waals surface area contributed by atoms with E-state index in [1.807, 2.05) is 36.4 Å². The van der Waals surface area contributed by atoms with Crippen LogP contribution < -0.4 is 16.4 Å². The first kappa shape index (κ1) is 11.3. The molecular weight excluding hydrogens is 214 g/mol. The largest absolute Gasteiger partial charge is 0.273 e. The van der Waals surface area contributed by atoms with Crippen molar-refractivity contribution in [1.29, 1.82) is 0 Å². The van der Waals surface area contributed by atoms with Gasteiger partial charge in [-0.15, -0.1) is 0 Å². The number of carbonyl (C=O) groups excluding carboxylic acids is 1. The van der Waals surface area contributed by atoms with Gasteiger partial charge in [-0.25, -0.2) is 5.01 Å². The molecule has 4 heteroatoms. The second-order valence-electron chi connectivity index (χ2n) is 3.47. The Labute approximate surface area is 99.6 Å². The summed E-state index contributed by atoms with van der Waals surface area (Å²) >= 11 is 0. The number of nitrogens with one attached hydrogen (secondary N) is 1. The van der Waals surface area contributed by atoms with Gasteiger partial charge >= 0.3 is 0 Å². The van der Waals surface area contributed by atoms with E-state index in [-0.39, 0.29) is 5.91 Å². The Kier molecular flexibility index (Phi) is 3.49. The fourth-order valence-electron chi connectivity index (χ4n) is 1.54. The summed E-state index contributed by atoms with van der Waals surface area (Å²) in [6, 6.07) is 18.2. The van der Waals surface area contributed by atoms with Gasteiger partial charge < -0.3 is 0 Å². The van der Waals surface area contributed by atoms with Crippen molar-refractivity contribution < 1.29 is 4.79 Å². The van der Waals surface area contributed by atoms with Gasteiger partial charge in [0.1, 0.15) is 0 Å². The SMILES string of the molecule is NNN(C(=O)c1ccccc1)c1ccccc1. The summed E-state index contributed by atoms with van der Waals surface area (Å²) in [6.07, 6.45) is 0. The Hall–Kier alpha value is -2.17. The van der Waals surface area contributed by atoms with Gasteiger partial charge in [0.2, 0.25) is 0 Å². The molecule has 0 atom stereocenters. The molecule has 0 aliphatic carbocycles. The second kappa shape index (κ2) is 5.25. The van der Waals surface area contributed by atoms with Crippen LogP contribution in [-0.2, 0) is 0 Å². The summed E-state index contributed by atoms with van der Waals surface area (Å²) < 4.78 is 0. The molecule has 0 aliphatic heterocycles. The number of hydrazine groups is 2. The van der Waals surface area contributed by atoms with E-state index in [0.717, 1.165) is 0 Å². The van der Waals surface area contributed by atoms with Gasteiger partial charge in [0.05, 0.1) is 5.69 Å². The molecule has 0 fully saturated rings. The van der Waals surface area contributed by atoms with Crippen LogP contribution >= 0.6 is 0 Å². The highest BCUT2D eigenvalue weighted by Crippen LogP contribution is 2.13. The third-order valence-electron chi connectivity index (χ3n) is 2.37. The number of carbonyl (C=O) groups is 1. The van der Waals surface area contributed by atoms with Crippen LogP contribution in [0.4, 0.5) is 5.69 Å². The van der Waals surface area contributed by atoms with Crippen LogP contribution in [0.15, 0.2) is 60.7 Å². The predicted molar refractivity (Wildman–Crippen MR) is 67.0 cm³/mol. The van der Waals surface area contributed by atoms with Crippen molar-refractivity contribution in [3.63, 3.8) is 0 Å². The zero-order valence-electron chi connectivity index (χ0n) is 9.21. The topological polar surface area (TPSA) is 58.4 Å². The molecule has 0 spiro atoms. The van der Waals surface area contributed by atoms with E-state index >= 15 is 0 Å². The van der Waals surface area contributed by atoms with Crippen LogP contribution in [-0.4, -0.2) is 5.91 Å². The summed E-state index contributed by atoms with van der Waals surface area (Å²) in [4.78, 5) is 12.2. The number of hydrogen-bond acceptors (Lipinski definition) is 3. The maximum absolute atomic E-state index is 12.2. The standard InChI is InChI=1S/C13H13N3O/c14-15-16(12-9-5-2-6-10-12)13(17)11-7-3-1-4-8-11/h1-10,15H,14H2. The Morgan fingerprint density at radius 3 is 2.00 bits per heavy atom. The first-order valence-corrected chi connectivity index (χ1v) is 5.23. The third-order valence-corrected chi connectivity index (χ3v) is 2.37. The lowest BCUT2D eigenvalue weighted by molar-refractivity contribution is 0.0974. The summed E-state index contributed by atoms with van der Waals surface area (Å²) in [6.45, 7) is 0. The fourth-order valence-corrected chi connectivity index (χ4v) is 1.54. The lowest BCUT2D eigenvalue weighted by Gasteiger charge is -2.20. The predicted octanol–water partition coefficient (Wildman–Crippen LogP) is 1.71. The van der Waals surface area contributed by atoms with Crippen molar-refractivity contribution in [2.75, 3.05) is 5.01 Å². The third kappa shape index (κ3) is 2.50. The van der Waals surface area contributed by atoms with Crippen molar-refractivity contribution in [3.05, 3.63) is 66.2 Å². The second-order valence-corrected chi connectivity index (χ2v) is 3.47. The van der Waals surface area contributed by atoms with E-state index in [0.29, 0.717) is 11.3 Å². The van der Waals surface area contributed by atoms with Gasteiger partial charge in [-0.3, -0.25) is 10.6 Å². The molecule has 3 N–H and O–H groups in total. The maximum atomic E-state index is 12.2. The number of para-hydroxylation sites is 1. The van der Waals surface area contributed by atoms with Gasteiger partial charge in [-0.1, -0.05) is 36.4 Å². The summed E-state index contributed by atoms with van der Waals surface area (Å²) in [5, 5.41) is 1.30. The van der Waals surface area contributed by atoms with Gasteiger partial charge in [0.15, 0.2) is 0 Å². The minimum absolute atomic E-state index is 0.195. The number of anilines is 1. The van der Waals surface area contributed by atoms with Crippen LogP contribution in [0.3, 0.4) is 0 Å². The van der Waals surface area contributed by atoms with Crippen LogP contribution in [0.1, 0.15) is 10.4 Å². The molecule has 86 valence electrons. The number of nitrogens with two attached hydrogens (primary N) is 1. The van der Waals surface area contributed by atoms with E-state index in [1.54, 1.807) is 24.3 Å². The van der Waals surface area contributed by atoms with Gasteiger partial charge in [0, 0.05) is 5.56 Å². The quantitative estimate of drug-likeness (QED) is 0.620. The molecule has 2 aromatic carbocycles. The van der Waals surface area contributed by atoms with E-state index in [1.165, 1.54) is 5.01 Å². The zero-order valence-corrected chi connectivity index (χ0v) is 9.21. The van der Waals surface area contributed by atoms with Crippen LogP contribution in [0.25, 0.3) is 0 Å². The number of hydrogen-bond donors (Lipinski definition) is 2. The van der Waals surface area contributed by atoms with Crippen molar-refractivity contribution in [2.24, 2.45) is 5.84 Å². The highest BCUT2D eigenvalue weighted by molar-refractivity contribution is 6.05. The average Bonchev–Trinajstić information content (AvgIpc) is 2.42. The van der Waals surface area contributed by atoms with E-state index in [2.05, 4.69) is 5.53 Å². The van der Waals surface area contributed by atoms with Crippen molar-refractivity contribution in [2.45, 2.75) is 0 Å². The van der Waals surface area contributed by atoms with Crippen molar-refractivity contribution in [1.82, 2.24) is 5.53 Å². The Morgan fingerprint density at radius 2 is 1.47 bits per heavy atom. The molecular formula is C13H13N3O. The first-order valence-electron chi connectivity index (χ1n) is 5.23. The first-order chi connectivity index (χ1) is 8.33. The normalized spacial score (nSPS) is 9.94. The molecule has 1 amide bonds. The highest BCUT2D eigenvalue weighted by atomic mass is 16.2. The van der Waals surface area contributed by atoms with Gasteiger partial charge in [-0.05, 0) is 24.3 Å². The molecule has 2 aromatic rings. The molecule has 2 rings (SSSR count). The number of amides is 1. The Bertz CT molecular complexity index is 485. The van der Waals surface area contributed by atoms with E-state index in [4.69, 9.17) is 5.84 Å². The molecule has 0 aromatic heterocycles. The number of rotatable bonds is 3. The lowest BCUT2D eigenvalue weighted by Crippen LogP contribution is -2.47.